The van der Waals surface area contributed by atoms with Crippen LogP contribution in [0.4, 0.5) is 0 Å². The van der Waals surface area contributed by atoms with Crippen LogP contribution >= 0.6 is 0 Å². The van der Waals surface area contributed by atoms with Gasteiger partial charge in [0.2, 0.25) is 0 Å². The number of fused-ring (bicyclic) bond motifs is 19. The molecule has 0 radical (unpaired) electrons. The van der Waals surface area contributed by atoms with Crippen LogP contribution in [0.15, 0.2) is 523 Å². The highest BCUT2D eigenvalue weighted by molar-refractivity contribution is 6.25. The summed E-state index contributed by atoms with van der Waals surface area (Å²) in [4.78, 5) is 0. The smallest absolute Gasteiger partial charge is 0.143 e. The monoisotopic (exact) mass is 1790 g/mol. The van der Waals surface area contributed by atoms with Crippen molar-refractivity contribution in [3.63, 3.8) is 0 Å². The molecule has 5 nitrogen and oxygen atoms in total. The molecule has 0 amide bonds. The van der Waals surface area contributed by atoms with Gasteiger partial charge in [-0.05, 0) is 229 Å². The van der Waals surface area contributed by atoms with E-state index in [0.717, 1.165) is 171 Å². The van der Waals surface area contributed by atoms with Crippen molar-refractivity contribution >= 4 is 153 Å². The average Bonchev–Trinajstić information content (AvgIpc) is 1.71. The highest BCUT2D eigenvalue weighted by Gasteiger charge is 2.27. The van der Waals surface area contributed by atoms with Gasteiger partial charge in [-0.25, -0.2) is 0 Å². The summed E-state index contributed by atoms with van der Waals surface area (Å²) in [5.74, 6) is 0. The van der Waals surface area contributed by atoms with Gasteiger partial charge in [0.1, 0.15) is 33.5 Å². The molecule has 0 saturated carbocycles. The number of benzene rings is 24. The molecular weight excluding hydrogens is 1710 g/mol. The van der Waals surface area contributed by atoms with E-state index < -0.39 is 0 Å². The number of hydrogen-bond acceptors (Lipinski definition) is 3. The fourth-order valence-electron chi connectivity index (χ4n) is 22.8. The molecule has 0 unspecified atom stereocenters. The summed E-state index contributed by atoms with van der Waals surface area (Å²) in [6.07, 6.45) is 0. The van der Waals surface area contributed by atoms with Crippen LogP contribution in [0.5, 0.6) is 0 Å². The number of rotatable bonds is 13. The molecule has 0 bridgehead atoms. The van der Waals surface area contributed by atoms with Crippen molar-refractivity contribution in [2.45, 2.75) is 0 Å². The van der Waals surface area contributed by atoms with Crippen LogP contribution in [-0.4, -0.2) is 9.13 Å². The molecule has 0 N–H and O–H groups in total. The molecule has 656 valence electrons. The molecule has 0 aliphatic heterocycles. The minimum Gasteiger partial charge on any atom is -0.455 e. The van der Waals surface area contributed by atoms with Crippen LogP contribution in [-0.2, 0) is 0 Å². The second-order valence-electron chi connectivity index (χ2n) is 37.0. The highest BCUT2D eigenvalue weighted by atomic mass is 16.3. The summed E-state index contributed by atoms with van der Waals surface area (Å²) in [7, 11) is 0. The number of hydrogen-bond donors (Lipinski definition) is 0. The maximum Gasteiger partial charge on any atom is 0.143 e. The molecule has 5 heterocycles. The summed E-state index contributed by atoms with van der Waals surface area (Å²) < 4.78 is 25.7. The van der Waals surface area contributed by atoms with Crippen molar-refractivity contribution in [2.24, 2.45) is 0 Å². The summed E-state index contributed by atoms with van der Waals surface area (Å²) in [6.45, 7) is 0. The van der Waals surface area contributed by atoms with Gasteiger partial charge in [-0.15, -0.1) is 0 Å². The van der Waals surface area contributed by atoms with Crippen LogP contribution in [0, 0.1) is 0 Å². The van der Waals surface area contributed by atoms with Crippen molar-refractivity contribution in [3.05, 3.63) is 510 Å². The van der Waals surface area contributed by atoms with E-state index in [0.29, 0.717) is 0 Å². The molecule has 0 aliphatic carbocycles. The third-order valence-electron chi connectivity index (χ3n) is 29.2. The maximum atomic E-state index is 7.01. The largest absolute Gasteiger partial charge is 0.455 e. The number of aromatic nitrogens is 2. The molecule has 0 atom stereocenters. The first-order valence-corrected chi connectivity index (χ1v) is 48.4. The van der Waals surface area contributed by atoms with E-state index in [1.807, 2.05) is 0 Å². The lowest BCUT2D eigenvalue weighted by molar-refractivity contribution is 0.670. The van der Waals surface area contributed by atoms with Crippen molar-refractivity contribution < 1.29 is 13.3 Å². The van der Waals surface area contributed by atoms with Crippen LogP contribution in [0.1, 0.15) is 0 Å². The minimum atomic E-state index is 0.881. The molecule has 5 heteroatoms. The zero-order valence-corrected chi connectivity index (χ0v) is 76.6. The normalized spacial score (nSPS) is 11.8. The third kappa shape index (κ3) is 13.3. The van der Waals surface area contributed by atoms with Crippen LogP contribution in [0.25, 0.3) is 286 Å². The van der Waals surface area contributed by atoms with E-state index in [2.05, 4.69) is 519 Å². The van der Waals surface area contributed by atoms with E-state index in [4.69, 9.17) is 13.3 Å². The average molecular weight is 1790 g/mol. The lowest BCUT2D eigenvalue weighted by atomic mass is 9.86. The van der Waals surface area contributed by atoms with Gasteiger partial charge in [-0.1, -0.05) is 419 Å². The topological polar surface area (TPSA) is 49.3 Å². The Balaban J connectivity index is 0.000000140. The lowest BCUT2D eigenvalue weighted by Gasteiger charge is -2.18. The summed E-state index contributed by atoms with van der Waals surface area (Å²) in [6, 6.07) is 185. The van der Waals surface area contributed by atoms with Gasteiger partial charge in [0.05, 0.1) is 22.1 Å². The Morgan fingerprint density at radius 2 is 0.397 bits per heavy atom. The van der Waals surface area contributed by atoms with Gasteiger partial charge in [-0.3, -0.25) is 0 Å². The first-order valence-electron chi connectivity index (χ1n) is 48.4. The Bertz CT molecular complexity index is 9760. The molecule has 0 aliphatic rings. The second kappa shape index (κ2) is 33.1. The molecular formula is C136H84N2O3. The highest BCUT2D eigenvalue weighted by Crippen LogP contribution is 2.52. The van der Waals surface area contributed by atoms with Crippen molar-refractivity contribution in [2.75, 3.05) is 0 Å². The van der Waals surface area contributed by atoms with Gasteiger partial charge in [0, 0.05) is 93.1 Å². The van der Waals surface area contributed by atoms with Crippen LogP contribution < -0.4 is 0 Å². The van der Waals surface area contributed by atoms with E-state index in [1.165, 1.54) is 115 Å². The SMILES string of the molecule is c1ccc(-c2c3ccccc3c(-c3cccc(-n4c5ccc(-c6cccc7c6oc6c(-c8ccccc8)cccc67)cc5c5cc(-c6cccc7c6oc6c(-c8ccccc8)cccc67)ccc54)c3)c3ccccc23)cc1.c1ccc(-c2ccc3oc4c(-c5ccc6c(c5)c5ccccc5n6-c5ccc(-c6c7ccccc7c(-c7ccccc7)c7ccccc67)cc5)cc(-c5ccccc5)cc4c3c2)cc1. The Hall–Kier alpha value is -18.7. The Labute approximate surface area is 812 Å². The minimum absolute atomic E-state index is 0.881. The molecule has 141 heavy (non-hydrogen) atoms. The quantitative estimate of drug-likeness (QED) is 0.108. The molecule has 29 aromatic rings. The fourth-order valence-corrected chi connectivity index (χ4v) is 22.8. The number of nitrogens with zero attached hydrogens (tertiary/aromatic N) is 2. The van der Waals surface area contributed by atoms with Gasteiger partial charge in [0.25, 0.3) is 0 Å². The molecule has 5 aromatic heterocycles. The summed E-state index contributed by atoms with van der Waals surface area (Å²) in [5, 5.41) is 21.3. The maximum absolute atomic E-state index is 7.01. The van der Waals surface area contributed by atoms with Crippen molar-refractivity contribution in [1.29, 1.82) is 0 Å². The molecule has 0 saturated heterocycles. The molecule has 24 aromatic carbocycles. The van der Waals surface area contributed by atoms with Crippen LogP contribution in [0.3, 0.4) is 0 Å². The number of para-hydroxylation sites is 5. The van der Waals surface area contributed by atoms with E-state index in [-0.39, 0.29) is 0 Å². The molecule has 0 spiro atoms. The zero-order valence-electron chi connectivity index (χ0n) is 76.6. The first kappa shape index (κ1) is 80.7. The lowest BCUT2D eigenvalue weighted by Crippen LogP contribution is -1.95. The van der Waals surface area contributed by atoms with Gasteiger partial charge < -0.3 is 22.4 Å². The first-order chi connectivity index (χ1) is 70.0. The second-order valence-corrected chi connectivity index (χ2v) is 37.0. The molecule has 0 fully saturated rings. The van der Waals surface area contributed by atoms with Crippen LogP contribution in [0.2, 0.25) is 0 Å². The van der Waals surface area contributed by atoms with E-state index in [9.17, 15) is 0 Å². The van der Waals surface area contributed by atoms with E-state index in [1.54, 1.807) is 0 Å². The number of furan rings is 3. The zero-order chi connectivity index (χ0) is 92.7. The fraction of sp³-hybridized carbons (Fsp3) is 0. The van der Waals surface area contributed by atoms with Gasteiger partial charge in [-0.2, -0.15) is 0 Å². The Kier molecular flexibility index (Phi) is 19.0. The van der Waals surface area contributed by atoms with E-state index >= 15 is 0 Å². The predicted octanol–water partition coefficient (Wildman–Crippen LogP) is 38.2. The standard InChI is InChI=1S/C74H45NO2.C62H39NO/c1-4-19-46(20-5-1)53-31-15-35-61-63-37-17-33-55(73(63)76-71(53)61)49-39-41-67-65(44-49)66-45-50(56-34-18-38-64-62-36-16-32-54(72(62)77-74(56)64)47-21-6-2-7-22-47)40-42-68(66)75(67)52-26-14-25-51(43-52)70-59-29-12-10-27-57(59)69(48-23-8-3-9-24-48)58-28-11-13-30-60(58)70;1-4-16-40(17-5-1)44-31-35-59-55(36-44)56-39-46(41-18-6-2-7-19-41)38-53(62(56)64-59)45-30-34-58-54(37-45)48-22-14-15-27-57(48)63(58)47-32-28-43(29-33-47)61-51-25-12-10-23-49(51)60(42-20-8-3-9-21-42)50-24-11-13-26-52(50)61/h1-45H;1-39H. The predicted molar refractivity (Wildman–Crippen MR) is 593 cm³/mol. The van der Waals surface area contributed by atoms with Gasteiger partial charge >= 0.3 is 0 Å². The summed E-state index contributed by atoms with van der Waals surface area (Å²) in [5.41, 5.74) is 37.6. The third-order valence-corrected chi connectivity index (χ3v) is 29.2. The Morgan fingerprint density at radius 1 is 0.121 bits per heavy atom. The Morgan fingerprint density at radius 3 is 0.823 bits per heavy atom. The van der Waals surface area contributed by atoms with Crippen molar-refractivity contribution in [3.8, 4) is 134 Å². The van der Waals surface area contributed by atoms with Crippen molar-refractivity contribution in [1.82, 2.24) is 9.13 Å². The van der Waals surface area contributed by atoms with Gasteiger partial charge in [0.15, 0.2) is 0 Å². The molecule has 29 rings (SSSR count). The summed E-state index contributed by atoms with van der Waals surface area (Å²) >= 11 is 0.